The molecule has 0 aromatic heterocycles. The molecule has 3 aliphatic rings. The average Bonchev–Trinajstić information content (AvgIpc) is 2.93. The second kappa shape index (κ2) is 14.7. The molecule has 7 nitrogen and oxygen atoms in total. The standard InChI is InChI=1S/C38H72O7/c1-24(2)38(11,35(8,21-39)28-15-12-25(3)18-31(28)40)45-22-36(9,29-16-13-26(4)19-32(29)41)34(6,7)44-23-37(10,43)30-17-14-27(5)20-33(30)42/h24-33,39-43H,12-23H2,1-11H3. The Bertz CT molecular complexity index is 937. The van der Waals surface area contributed by atoms with E-state index in [1.54, 1.807) is 6.92 Å². The Morgan fingerprint density at radius 2 is 1.00 bits per heavy atom. The lowest BCUT2D eigenvalue weighted by molar-refractivity contribution is -0.256. The molecule has 7 heteroatoms. The molecule has 0 heterocycles. The normalized spacial score (nSPS) is 39.0. The summed E-state index contributed by atoms with van der Waals surface area (Å²) in [5.74, 6) is 0.939. The molecule has 5 N–H and O–H groups in total. The highest BCUT2D eigenvalue weighted by atomic mass is 16.5. The van der Waals surface area contributed by atoms with Gasteiger partial charge in [-0.2, -0.15) is 0 Å². The third kappa shape index (κ3) is 7.97. The van der Waals surface area contributed by atoms with E-state index in [2.05, 4.69) is 69.2 Å². The van der Waals surface area contributed by atoms with Crippen LogP contribution in [0.3, 0.4) is 0 Å². The molecule has 0 bridgehead atoms. The van der Waals surface area contributed by atoms with E-state index in [1.165, 1.54) is 0 Å². The summed E-state index contributed by atoms with van der Waals surface area (Å²) in [5.41, 5.74) is -4.11. The van der Waals surface area contributed by atoms with Crippen LogP contribution in [0.25, 0.3) is 0 Å². The van der Waals surface area contributed by atoms with Gasteiger partial charge in [0.15, 0.2) is 0 Å². The number of aliphatic hydroxyl groups excluding tert-OH is 4. The SMILES string of the molecule is CC1CCC(C(C)(O)COC(C)(C)C(C)(COC(C)(C(C)C)C(C)(CO)C2CCC(C)CC2O)C2CCC(C)CC2O)C(O)C1. The molecule has 0 amide bonds. The summed E-state index contributed by atoms with van der Waals surface area (Å²) in [4.78, 5) is 0. The highest BCUT2D eigenvalue weighted by molar-refractivity contribution is 5.06. The van der Waals surface area contributed by atoms with Crippen molar-refractivity contribution in [2.45, 2.75) is 169 Å². The van der Waals surface area contributed by atoms with Crippen molar-refractivity contribution in [1.82, 2.24) is 0 Å². The molecule has 3 rings (SSSR count). The summed E-state index contributed by atoms with van der Waals surface area (Å²) < 4.78 is 13.9. The third-order valence-corrected chi connectivity index (χ3v) is 14.0. The van der Waals surface area contributed by atoms with Gasteiger partial charge >= 0.3 is 0 Å². The van der Waals surface area contributed by atoms with Gasteiger partial charge in [-0.05, 0) is 102 Å². The van der Waals surface area contributed by atoms with Gasteiger partial charge in [-0.3, -0.25) is 0 Å². The molecule has 0 aliphatic heterocycles. The van der Waals surface area contributed by atoms with E-state index >= 15 is 0 Å². The molecule has 3 saturated carbocycles. The molecular formula is C38H72O7. The predicted molar refractivity (Wildman–Crippen MR) is 181 cm³/mol. The topological polar surface area (TPSA) is 120 Å². The van der Waals surface area contributed by atoms with Gasteiger partial charge in [0.25, 0.3) is 0 Å². The summed E-state index contributed by atoms with van der Waals surface area (Å²) in [7, 11) is 0. The van der Waals surface area contributed by atoms with E-state index in [4.69, 9.17) is 9.47 Å². The van der Waals surface area contributed by atoms with Crippen LogP contribution in [-0.2, 0) is 9.47 Å². The van der Waals surface area contributed by atoms with E-state index in [0.29, 0.717) is 30.8 Å². The minimum atomic E-state index is -1.20. The van der Waals surface area contributed by atoms with Crippen LogP contribution in [0.5, 0.6) is 0 Å². The van der Waals surface area contributed by atoms with Crippen molar-refractivity contribution in [2.75, 3.05) is 19.8 Å². The molecule has 0 spiro atoms. The van der Waals surface area contributed by atoms with E-state index in [1.807, 2.05) is 0 Å². The van der Waals surface area contributed by atoms with Crippen molar-refractivity contribution in [2.24, 2.45) is 52.3 Å². The maximum absolute atomic E-state index is 11.7. The van der Waals surface area contributed by atoms with Crippen LogP contribution in [0.4, 0.5) is 0 Å². The highest BCUT2D eigenvalue weighted by Gasteiger charge is 2.58. The maximum atomic E-state index is 11.7. The Balaban J connectivity index is 1.94. The Morgan fingerprint density at radius 1 is 0.600 bits per heavy atom. The summed E-state index contributed by atoms with van der Waals surface area (Å²) in [5, 5.41) is 56.5. The smallest absolute Gasteiger partial charge is 0.0905 e. The zero-order valence-electron chi connectivity index (χ0n) is 30.8. The number of ether oxygens (including phenoxy) is 2. The van der Waals surface area contributed by atoms with Crippen molar-refractivity contribution in [1.29, 1.82) is 0 Å². The molecule has 3 aliphatic carbocycles. The Hall–Kier alpha value is -0.280. The molecule has 266 valence electrons. The molecule has 0 aromatic carbocycles. The fourth-order valence-electron chi connectivity index (χ4n) is 9.52. The van der Waals surface area contributed by atoms with Gasteiger partial charge in [0.2, 0.25) is 0 Å². The molecule has 13 unspecified atom stereocenters. The van der Waals surface area contributed by atoms with Crippen molar-refractivity contribution in [3.63, 3.8) is 0 Å². The van der Waals surface area contributed by atoms with Crippen LogP contribution in [-0.4, -0.2) is 80.5 Å². The van der Waals surface area contributed by atoms with Crippen molar-refractivity contribution in [3.8, 4) is 0 Å². The van der Waals surface area contributed by atoms with Gasteiger partial charge in [-0.15, -0.1) is 0 Å². The van der Waals surface area contributed by atoms with Gasteiger partial charge in [0.1, 0.15) is 0 Å². The summed E-state index contributed by atoms with van der Waals surface area (Å²) >= 11 is 0. The van der Waals surface area contributed by atoms with E-state index in [0.717, 1.165) is 51.4 Å². The van der Waals surface area contributed by atoms with Crippen LogP contribution in [0.1, 0.15) is 134 Å². The van der Waals surface area contributed by atoms with E-state index < -0.39 is 45.9 Å². The molecule has 0 radical (unpaired) electrons. The highest BCUT2D eigenvalue weighted by Crippen LogP contribution is 2.54. The van der Waals surface area contributed by atoms with Gasteiger partial charge < -0.3 is 35.0 Å². The zero-order valence-corrected chi connectivity index (χ0v) is 30.8. The lowest BCUT2D eigenvalue weighted by Crippen LogP contribution is -2.62. The molecule has 0 saturated heterocycles. The number of rotatable bonds is 13. The fourth-order valence-corrected chi connectivity index (χ4v) is 9.52. The number of hydrogen-bond acceptors (Lipinski definition) is 7. The summed E-state index contributed by atoms with van der Waals surface area (Å²) in [6.07, 6.45) is 6.03. The monoisotopic (exact) mass is 641 g/mol. The first-order valence-electron chi connectivity index (χ1n) is 18.3. The van der Waals surface area contributed by atoms with E-state index in [-0.39, 0.29) is 36.9 Å². The Morgan fingerprint density at radius 3 is 1.38 bits per heavy atom. The quantitative estimate of drug-likeness (QED) is 0.159. The van der Waals surface area contributed by atoms with Crippen LogP contribution in [0.15, 0.2) is 0 Å². The zero-order chi connectivity index (χ0) is 34.2. The van der Waals surface area contributed by atoms with Crippen LogP contribution < -0.4 is 0 Å². The lowest BCUT2D eigenvalue weighted by atomic mass is 9.56. The second-order valence-electron chi connectivity index (χ2n) is 18.0. The molecule has 13 atom stereocenters. The van der Waals surface area contributed by atoms with Gasteiger partial charge in [0.05, 0.1) is 54.9 Å². The minimum absolute atomic E-state index is 0.0432. The largest absolute Gasteiger partial charge is 0.396 e. The van der Waals surface area contributed by atoms with Gasteiger partial charge in [0, 0.05) is 16.7 Å². The third-order valence-electron chi connectivity index (χ3n) is 14.0. The predicted octanol–water partition coefficient (Wildman–Crippen LogP) is 6.36. The van der Waals surface area contributed by atoms with Crippen LogP contribution in [0, 0.1) is 52.3 Å². The molecular weight excluding hydrogens is 568 g/mol. The second-order valence-corrected chi connectivity index (χ2v) is 18.0. The van der Waals surface area contributed by atoms with Crippen LogP contribution >= 0.6 is 0 Å². The van der Waals surface area contributed by atoms with Gasteiger partial charge in [-0.25, -0.2) is 0 Å². The van der Waals surface area contributed by atoms with Crippen molar-refractivity contribution >= 4 is 0 Å². The van der Waals surface area contributed by atoms with Crippen LogP contribution in [0.2, 0.25) is 0 Å². The average molecular weight is 641 g/mol. The molecule has 3 fully saturated rings. The molecule has 0 aromatic rings. The summed E-state index contributed by atoms with van der Waals surface area (Å²) in [6.45, 7) is 23.3. The number of aliphatic hydroxyl groups is 5. The minimum Gasteiger partial charge on any atom is -0.396 e. The Labute approximate surface area is 275 Å². The van der Waals surface area contributed by atoms with Crippen molar-refractivity contribution in [3.05, 3.63) is 0 Å². The van der Waals surface area contributed by atoms with E-state index in [9.17, 15) is 25.5 Å². The van der Waals surface area contributed by atoms with Crippen molar-refractivity contribution < 1.29 is 35.0 Å². The first-order valence-corrected chi connectivity index (χ1v) is 18.3. The first kappa shape index (κ1) is 39.2. The lowest BCUT2D eigenvalue weighted by Gasteiger charge is -2.58. The first-order chi connectivity index (χ1) is 20.6. The Kier molecular flexibility index (Phi) is 12.8. The summed E-state index contributed by atoms with van der Waals surface area (Å²) in [6, 6.07) is 0. The fraction of sp³-hybridized carbons (Fsp3) is 1.00. The molecule has 45 heavy (non-hydrogen) atoms. The van der Waals surface area contributed by atoms with Gasteiger partial charge in [-0.1, -0.05) is 67.7 Å². The number of hydrogen-bond donors (Lipinski definition) is 5. The maximum Gasteiger partial charge on any atom is 0.0905 e.